The van der Waals surface area contributed by atoms with E-state index in [1.54, 1.807) is 12.1 Å². The number of carbonyl (C=O) groups is 2. The van der Waals surface area contributed by atoms with Crippen molar-refractivity contribution in [2.75, 3.05) is 17.3 Å². The van der Waals surface area contributed by atoms with E-state index in [2.05, 4.69) is 37.2 Å². The summed E-state index contributed by atoms with van der Waals surface area (Å²) in [6.07, 6.45) is 0. The van der Waals surface area contributed by atoms with Gasteiger partial charge in [-0.2, -0.15) is 0 Å². The number of hydrogen-bond acceptors (Lipinski definition) is 3. The van der Waals surface area contributed by atoms with E-state index in [-0.39, 0.29) is 23.6 Å². The van der Waals surface area contributed by atoms with Crippen molar-refractivity contribution < 1.29 is 14.3 Å². The first kappa shape index (κ1) is 11.6. The van der Waals surface area contributed by atoms with Crippen LogP contribution in [0.4, 0.5) is 5.69 Å². The Kier molecular flexibility index (Phi) is 3.30. The Morgan fingerprint density at radius 2 is 2.25 bits per heavy atom. The third kappa shape index (κ3) is 2.12. The lowest BCUT2D eigenvalue weighted by Crippen LogP contribution is -2.25. The minimum Gasteiger partial charge on any atom is -0.482 e. The Hall–Kier alpha value is -0.880. The molecule has 0 atom stereocenters. The van der Waals surface area contributed by atoms with Crippen molar-refractivity contribution in [1.29, 1.82) is 0 Å². The number of fused-ring (bicyclic) bond motifs is 1. The maximum absolute atomic E-state index is 11.6. The molecule has 1 heterocycles. The van der Waals surface area contributed by atoms with Gasteiger partial charge in [-0.15, -0.1) is 0 Å². The molecule has 0 spiro atoms. The number of ketones is 1. The SMILES string of the molecule is O=C1COc2cc(C(=O)CBr)c(Br)cc2N1. The lowest BCUT2D eigenvalue weighted by molar-refractivity contribution is -0.118. The van der Waals surface area contributed by atoms with E-state index in [0.717, 1.165) is 0 Å². The highest BCUT2D eigenvalue weighted by molar-refractivity contribution is 9.10. The van der Waals surface area contributed by atoms with E-state index >= 15 is 0 Å². The van der Waals surface area contributed by atoms with Crippen molar-refractivity contribution >= 4 is 49.2 Å². The molecule has 0 saturated heterocycles. The van der Waals surface area contributed by atoms with E-state index in [9.17, 15) is 9.59 Å². The zero-order valence-corrected chi connectivity index (χ0v) is 11.2. The first-order chi connectivity index (χ1) is 7.61. The van der Waals surface area contributed by atoms with Crippen LogP contribution in [0.3, 0.4) is 0 Å². The fourth-order valence-electron chi connectivity index (χ4n) is 1.39. The van der Waals surface area contributed by atoms with Gasteiger partial charge in [-0.1, -0.05) is 15.9 Å². The van der Waals surface area contributed by atoms with E-state index in [0.29, 0.717) is 21.5 Å². The summed E-state index contributed by atoms with van der Waals surface area (Å²) in [6, 6.07) is 3.30. The number of benzene rings is 1. The van der Waals surface area contributed by atoms with E-state index in [4.69, 9.17) is 4.74 Å². The largest absolute Gasteiger partial charge is 0.482 e. The minimum atomic E-state index is -0.195. The van der Waals surface area contributed by atoms with Crippen molar-refractivity contribution in [2.45, 2.75) is 0 Å². The number of anilines is 1. The highest BCUT2D eigenvalue weighted by Gasteiger charge is 2.20. The number of amides is 1. The van der Waals surface area contributed by atoms with Crippen molar-refractivity contribution in [3.05, 3.63) is 22.2 Å². The molecule has 0 fully saturated rings. The molecule has 6 heteroatoms. The molecule has 0 aliphatic carbocycles. The summed E-state index contributed by atoms with van der Waals surface area (Å²) in [5, 5.41) is 2.91. The summed E-state index contributed by atoms with van der Waals surface area (Å²) < 4.78 is 5.87. The maximum atomic E-state index is 11.6. The molecule has 84 valence electrons. The standard InChI is InChI=1S/C10H7Br2NO3/c11-3-8(14)5-1-9-7(2-6(5)12)13-10(15)4-16-9/h1-2H,3-4H2,(H,13,15). The van der Waals surface area contributed by atoms with Gasteiger partial charge < -0.3 is 10.1 Å². The zero-order chi connectivity index (χ0) is 11.7. The van der Waals surface area contributed by atoms with Gasteiger partial charge in [0.1, 0.15) is 5.75 Å². The average molecular weight is 349 g/mol. The molecular formula is C10H7Br2NO3. The van der Waals surface area contributed by atoms with Gasteiger partial charge in [0.15, 0.2) is 12.4 Å². The molecule has 0 saturated carbocycles. The molecule has 16 heavy (non-hydrogen) atoms. The number of halogens is 2. The Morgan fingerprint density at radius 3 is 2.94 bits per heavy atom. The van der Waals surface area contributed by atoms with E-state index in [1.165, 1.54) is 0 Å². The number of carbonyl (C=O) groups excluding carboxylic acids is 2. The van der Waals surface area contributed by atoms with Gasteiger partial charge in [-0.25, -0.2) is 0 Å². The van der Waals surface area contributed by atoms with Crippen LogP contribution >= 0.6 is 31.9 Å². The van der Waals surface area contributed by atoms with Crippen molar-refractivity contribution in [3.63, 3.8) is 0 Å². The van der Waals surface area contributed by atoms with Crippen LogP contribution in [0.2, 0.25) is 0 Å². The lowest BCUT2D eigenvalue weighted by Gasteiger charge is -2.19. The number of alkyl halides is 1. The van der Waals surface area contributed by atoms with Crippen molar-refractivity contribution in [1.82, 2.24) is 0 Å². The molecule has 0 bridgehead atoms. The second-order valence-corrected chi connectivity index (χ2v) is 4.64. The van der Waals surface area contributed by atoms with Crippen LogP contribution in [0.5, 0.6) is 5.75 Å². The fourth-order valence-corrected chi connectivity index (χ4v) is 2.25. The average Bonchev–Trinajstić information content (AvgIpc) is 2.27. The predicted octanol–water partition coefficient (Wildman–Crippen LogP) is 2.36. The smallest absolute Gasteiger partial charge is 0.262 e. The first-order valence-corrected chi connectivity index (χ1v) is 6.38. The highest BCUT2D eigenvalue weighted by Crippen LogP contribution is 2.33. The predicted molar refractivity (Wildman–Crippen MR) is 66.4 cm³/mol. The summed E-state index contributed by atoms with van der Waals surface area (Å²) in [5.41, 5.74) is 1.11. The number of rotatable bonds is 2. The van der Waals surface area contributed by atoms with E-state index < -0.39 is 0 Å². The highest BCUT2D eigenvalue weighted by atomic mass is 79.9. The molecule has 1 aromatic rings. The third-order valence-corrected chi connectivity index (χ3v) is 3.29. The summed E-state index contributed by atoms with van der Waals surface area (Å²) >= 11 is 6.40. The maximum Gasteiger partial charge on any atom is 0.262 e. The molecular weight excluding hydrogens is 342 g/mol. The van der Waals surface area contributed by atoms with Gasteiger partial charge in [-0.3, -0.25) is 9.59 Å². The molecule has 1 aliphatic heterocycles. The van der Waals surface area contributed by atoms with Crippen LogP contribution in [-0.2, 0) is 4.79 Å². The quantitative estimate of drug-likeness (QED) is 0.659. The Morgan fingerprint density at radius 1 is 1.50 bits per heavy atom. The van der Waals surface area contributed by atoms with Crippen LogP contribution in [0.1, 0.15) is 10.4 Å². The van der Waals surface area contributed by atoms with Crippen LogP contribution in [0, 0.1) is 0 Å². The number of hydrogen-bond donors (Lipinski definition) is 1. The topological polar surface area (TPSA) is 55.4 Å². The zero-order valence-electron chi connectivity index (χ0n) is 8.05. The Bertz CT molecular complexity index is 473. The third-order valence-electron chi connectivity index (χ3n) is 2.12. The minimum absolute atomic E-state index is 0.0173. The molecule has 1 amide bonds. The molecule has 1 N–H and O–H groups in total. The van der Waals surface area contributed by atoms with Crippen LogP contribution in [-0.4, -0.2) is 23.6 Å². The fraction of sp³-hybridized carbons (Fsp3) is 0.200. The number of Topliss-reactive ketones (excluding diaryl/α,β-unsaturated/α-hetero) is 1. The second kappa shape index (κ2) is 4.55. The number of ether oxygens (including phenoxy) is 1. The first-order valence-electron chi connectivity index (χ1n) is 4.47. The molecule has 0 unspecified atom stereocenters. The van der Waals surface area contributed by atoms with E-state index in [1.807, 2.05) is 0 Å². The van der Waals surface area contributed by atoms with Crippen molar-refractivity contribution in [2.24, 2.45) is 0 Å². The van der Waals surface area contributed by atoms with Crippen molar-refractivity contribution in [3.8, 4) is 5.75 Å². The summed E-state index contributed by atoms with van der Waals surface area (Å²) in [7, 11) is 0. The lowest BCUT2D eigenvalue weighted by atomic mass is 10.1. The number of nitrogens with one attached hydrogen (secondary N) is 1. The normalized spacial score (nSPS) is 13.8. The van der Waals surface area contributed by atoms with Gasteiger partial charge in [0, 0.05) is 10.0 Å². The van der Waals surface area contributed by atoms with Crippen LogP contribution in [0.15, 0.2) is 16.6 Å². The molecule has 4 nitrogen and oxygen atoms in total. The summed E-state index contributed by atoms with van der Waals surface area (Å²) in [4.78, 5) is 22.7. The van der Waals surface area contributed by atoms with Crippen LogP contribution < -0.4 is 10.1 Å². The molecule has 0 radical (unpaired) electrons. The van der Waals surface area contributed by atoms with Gasteiger partial charge in [0.05, 0.1) is 11.0 Å². The summed E-state index contributed by atoms with van der Waals surface area (Å²) in [5.74, 6) is 0.279. The summed E-state index contributed by atoms with van der Waals surface area (Å²) in [6.45, 7) is -0.0173. The second-order valence-electron chi connectivity index (χ2n) is 3.22. The molecule has 0 aromatic heterocycles. The molecule has 2 rings (SSSR count). The monoisotopic (exact) mass is 347 g/mol. The Balaban J connectivity index is 2.45. The van der Waals surface area contributed by atoms with Gasteiger partial charge in [0.25, 0.3) is 5.91 Å². The van der Waals surface area contributed by atoms with Gasteiger partial charge in [-0.05, 0) is 28.1 Å². The van der Waals surface area contributed by atoms with Gasteiger partial charge in [0.2, 0.25) is 0 Å². The van der Waals surface area contributed by atoms with Gasteiger partial charge >= 0.3 is 0 Å². The van der Waals surface area contributed by atoms with Crippen LogP contribution in [0.25, 0.3) is 0 Å². The molecule has 1 aliphatic rings. The Labute approximate surface area is 109 Å². The molecule has 1 aromatic carbocycles.